The van der Waals surface area contributed by atoms with Gasteiger partial charge in [-0.05, 0) is 56.5 Å². The van der Waals surface area contributed by atoms with Crippen molar-refractivity contribution >= 4 is 41.3 Å². The molecule has 31 heavy (non-hydrogen) atoms. The van der Waals surface area contributed by atoms with Crippen molar-refractivity contribution in [2.45, 2.75) is 32.9 Å². The number of benzene rings is 1. The Kier molecular flexibility index (Phi) is 10.4. The van der Waals surface area contributed by atoms with Crippen LogP contribution in [0.15, 0.2) is 28.6 Å². The molecule has 9 heteroatoms. The van der Waals surface area contributed by atoms with Crippen molar-refractivity contribution in [2.75, 3.05) is 40.8 Å². The number of thiazole rings is 1. The minimum Gasteiger partial charge on any atom is -0.494 e. The lowest BCUT2D eigenvalue weighted by Crippen LogP contribution is -2.43. The number of nitrogens with one attached hydrogen (secondary N) is 1. The van der Waals surface area contributed by atoms with Gasteiger partial charge in [0, 0.05) is 39.1 Å². The van der Waals surface area contributed by atoms with E-state index in [4.69, 9.17) is 4.74 Å². The molecule has 1 aromatic carbocycles. The normalized spacial score (nSPS) is 15.5. The molecule has 2 aromatic rings. The van der Waals surface area contributed by atoms with Gasteiger partial charge in [0.2, 0.25) is 0 Å². The number of aliphatic imine (C=N–C) groups is 1. The fraction of sp³-hybridized carbons (Fsp3) is 0.545. The zero-order valence-electron chi connectivity index (χ0n) is 18.7. The van der Waals surface area contributed by atoms with E-state index < -0.39 is 0 Å². The third-order valence-electron chi connectivity index (χ3n) is 5.52. The zero-order valence-corrected chi connectivity index (χ0v) is 21.9. The van der Waals surface area contributed by atoms with Crippen LogP contribution >= 0.6 is 35.3 Å². The number of methoxy groups -OCH3 is 1. The first-order valence-corrected chi connectivity index (χ1v) is 11.2. The van der Waals surface area contributed by atoms with Gasteiger partial charge in [0.05, 0.1) is 17.8 Å². The second kappa shape index (κ2) is 12.5. The summed E-state index contributed by atoms with van der Waals surface area (Å²) in [5, 5.41) is 6.79. The topological polar surface area (TPSA) is 53.0 Å². The Hall–Kier alpha value is -1.46. The van der Waals surface area contributed by atoms with E-state index in [2.05, 4.69) is 32.5 Å². The highest BCUT2D eigenvalue weighted by atomic mass is 127. The number of nitrogens with zero attached hydrogens (tertiary/aromatic N) is 4. The summed E-state index contributed by atoms with van der Waals surface area (Å²) in [6.07, 6.45) is 2.33. The summed E-state index contributed by atoms with van der Waals surface area (Å²) in [7, 11) is 5.22. The summed E-state index contributed by atoms with van der Waals surface area (Å²) >= 11 is 1.72. The van der Waals surface area contributed by atoms with E-state index in [-0.39, 0.29) is 35.5 Å². The molecule has 6 nitrogen and oxygen atoms in total. The highest BCUT2D eigenvalue weighted by molar-refractivity contribution is 14.0. The van der Waals surface area contributed by atoms with Crippen LogP contribution in [-0.4, -0.2) is 61.6 Å². The summed E-state index contributed by atoms with van der Waals surface area (Å²) in [6.45, 7) is 6.68. The van der Waals surface area contributed by atoms with E-state index in [1.165, 1.54) is 31.7 Å². The molecule has 0 bridgehead atoms. The molecule has 0 radical (unpaired) electrons. The molecule has 0 aliphatic carbocycles. The number of guanidine groups is 1. The molecule has 1 aromatic heterocycles. The van der Waals surface area contributed by atoms with E-state index in [1.807, 2.05) is 18.0 Å². The standard InChI is InChI=1S/C22H32FN5OS.HI/c1-16-26-19(15-30-16)14-28-9-7-17(8-10-28)12-25-22(24-2)27(3)13-18-5-6-21(29-4)20(23)11-18;/h5-6,11,15,17H,7-10,12-14H2,1-4H3,(H,24,25);1H. The minimum absolute atomic E-state index is 0. The number of halogens is 2. The van der Waals surface area contributed by atoms with Crippen molar-refractivity contribution in [1.29, 1.82) is 0 Å². The number of likely N-dealkylation sites (tertiary alicyclic amines) is 1. The average molecular weight is 562 g/mol. The fourth-order valence-corrected chi connectivity index (χ4v) is 4.44. The molecule has 1 N–H and O–H groups in total. The number of ether oxygens (including phenoxy) is 1. The van der Waals surface area contributed by atoms with E-state index in [1.54, 1.807) is 24.5 Å². The number of hydrogen-bond acceptors (Lipinski definition) is 5. The SMILES string of the molecule is CN=C(NCC1CCN(Cc2csc(C)n2)CC1)N(C)Cc1ccc(OC)c(F)c1.I. The van der Waals surface area contributed by atoms with Crippen molar-refractivity contribution < 1.29 is 9.13 Å². The largest absolute Gasteiger partial charge is 0.494 e. The number of piperidine rings is 1. The highest BCUT2D eigenvalue weighted by Gasteiger charge is 2.20. The maximum absolute atomic E-state index is 13.9. The van der Waals surface area contributed by atoms with Gasteiger partial charge >= 0.3 is 0 Å². The Morgan fingerprint density at radius 2 is 2.13 bits per heavy atom. The first-order chi connectivity index (χ1) is 14.5. The van der Waals surface area contributed by atoms with Crippen LogP contribution in [0.1, 0.15) is 29.1 Å². The van der Waals surface area contributed by atoms with Crippen molar-refractivity contribution in [1.82, 2.24) is 20.1 Å². The van der Waals surface area contributed by atoms with Crippen LogP contribution in [0.2, 0.25) is 0 Å². The summed E-state index contributed by atoms with van der Waals surface area (Å²) in [6, 6.07) is 5.06. The predicted molar refractivity (Wildman–Crippen MR) is 136 cm³/mol. The second-order valence-corrected chi connectivity index (χ2v) is 8.89. The van der Waals surface area contributed by atoms with Gasteiger partial charge in [-0.25, -0.2) is 9.37 Å². The van der Waals surface area contributed by atoms with Gasteiger partial charge in [-0.1, -0.05) is 6.07 Å². The summed E-state index contributed by atoms with van der Waals surface area (Å²) < 4.78 is 18.9. The lowest BCUT2D eigenvalue weighted by atomic mass is 9.97. The molecule has 0 atom stereocenters. The molecule has 2 heterocycles. The van der Waals surface area contributed by atoms with Crippen LogP contribution in [0.4, 0.5) is 4.39 Å². The number of aromatic nitrogens is 1. The molecule has 1 fully saturated rings. The first-order valence-electron chi connectivity index (χ1n) is 10.4. The summed E-state index contributed by atoms with van der Waals surface area (Å²) in [5.41, 5.74) is 2.07. The van der Waals surface area contributed by atoms with Gasteiger partial charge < -0.3 is 15.0 Å². The van der Waals surface area contributed by atoms with Crippen LogP contribution in [0.25, 0.3) is 0 Å². The Morgan fingerprint density at radius 3 is 2.71 bits per heavy atom. The highest BCUT2D eigenvalue weighted by Crippen LogP contribution is 2.20. The second-order valence-electron chi connectivity index (χ2n) is 7.83. The Balaban J connectivity index is 0.00000341. The van der Waals surface area contributed by atoms with Gasteiger partial charge in [0.15, 0.2) is 17.5 Å². The number of hydrogen-bond donors (Lipinski definition) is 1. The van der Waals surface area contributed by atoms with Gasteiger partial charge in [-0.15, -0.1) is 35.3 Å². The molecular weight excluding hydrogens is 528 g/mol. The molecule has 3 rings (SSSR count). The minimum atomic E-state index is -0.342. The van der Waals surface area contributed by atoms with Gasteiger partial charge in [-0.3, -0.25) is 9.89 Å². The van der Waals surface area contributed by atoms with Gasteiger partial charge in [0.1, 0.15) is 0 Å². The van der Waals surface area contributed by atoms with Crippen LogP contribution < -0.4 is 10.1 Å². The quantitative estimate of drug-likeness (QED) is 0.313. The van der Waals surface area contributed by atoms with Crippen molar-refractivity contribution in [3.63, 3.8) is 0 Å². The number of rotatable bonds is 7. The molecule has 172 valence electrons. The molecule has 1 aliphatic rings. The molecule has 1 saturated heterocycles. The molecule has 0 saturated carbocycles. The fourth-order valence-electron chi connectivity index (χ4n) is 3.84. The zero-order chi connectivity index (χ0) is 21.5. The maximum atomic E-state index is 13.9. The summed E-state index contributed by atoms with van der Waals surface area (Å²) in [5.74, 6) is 1.37. The van der Waals surface area contributed by atoms with E-state index in [0.29, 0.717) is 12.5 Å². The molecule has 0 amide bonds. The van der Waals surface area contributed by atoms with Gasteiger partial charge in [0.25, 0.3) is 0 Å². The van der Waals surface area contributed by atoms with E-state index >= 15 is 0 Å². The lowest BCUT2D eigenvalue weighted by molar-refractivity contribution is 0.176. The van der Waals surface area contributed by atoms with Crippen LogP contribution in [0.5, 0.6) is 5.75 Å². The van der Waals surface area contributed by atoms with Crippen LogP contribution in [-0.2, 0) is 13.1 Å². The van der Waals surface area contributed by atoms with Crippen LogP contribution in [0.3, 0.4) is 0 Å². The Labute approximate surface area is 205 Å². The van der Waals surface area contributed by atoms with Crippen LogP contribution in [0, 0.1) is 18.7 Å². The molecule has 0 spiro atoms. The Bertz CT molecular complexity index is 854. The van der Waals surface area contributed by atoms with Crippen molar-refractivity contribution in [2.24, 2.45) is 10.9 Å². The molecule has 1 aliphatic heterocycles. The maximum Gasteiger partial charge on any atom is 0.193 e. The molecular formula is C22H33FIN5OS. The van der Waals surface area contributed by atoms with E-state index in [0.717, 1.165) is 42.7 Å². The average Bonchev–Trinajstić information content (AvgIpc) is 3.14. The monoisotopic (exact) mass is 561 g/mol. The van der Waals surface area contributed by atoms with E-state index in [9.17, 15) is 4.39 Å². The van der Waals surface area contributed by atoms with Crippen molar-refractivity contribution in [3.8, 4) is 5.75 Å². The number of aryl methyl sites for hydroxylation is 1. The van der Waals surface area contributed by atoms with Crippen molar-refractivity contribution in [3.05, 3.63) is 45.7 Å². The van der Waals surface area contributed by atoms with Gasteiger partial charge in [-0.2, -0.15) is 0 Å². The summed E-state index contributed by atoms with van der Waals surface area (Å²) in [4.78, 5) is 13.5. The lowest BCUT2D eigenvalue weighted by Gasteiger charge is -2.32. The third-order valence-corrected chi connectivity index (χ3v) is 6.34. The third kappa shape index (κ3) is 7.57. The smallest absolute Gasteiger partial charge is 0.193 e. The Morgan fingerprint density at radius 1 is 1.39 bits per heavy atom. The predicted octanol–water partition coefficient (Wildman–Crippen LogP) is 4.14. The first kappa shape index (κ1) is 25.8. The molecule has 0 unspecified atom stereocenters.